The van der Waals surface area contributed by atoms with Crippen molar-refractivity contribution in [1.82, 2.24) is 29.7 Å². The first kappa shape index (κ1) is 26.9. The van der Waals surface area contributed by atoms with Gasteiger partial charge in [0.05, 0.1) is 34.4 Å². The second-order valence-corrected chi connectivity index (χ2v) is 11.4. The van der Waals surface area contributed by atoms with Gasteiger partial charge in [-0.2, -0.15) is 0 Å². The van der Waals surface area contributed by atoms with E-state index in [9.17, 15) is 4.79 Å². The lowest BCUT2D eigenvalue weighted by Crippen LogP contribution is -2.41. The first-order valence-electron chi connectivity index (χ1n) is 13.8. The van der Waals surface area contributed by atoms with E-state index in [2.05, 4.69) is 31.5 Å². The van der Waals surface area contributed by atoms with Crippen LogP contribution in [0.4, 0.5) is 5.95 Å². The molecule has 5 heterocycles. The first-order valence-corrected chi connectivity index (χ1v) is 14.2. The molecule has 6 rings (SSSR count). The highest BCUT2D eigenvalue weighted by molar-refractivity contribution is 6.30. The van der Waals surface area contributed by atoms with Crippen LogP contribution in [-0.4, -0.2) is 62.8 Å². The third-order valence-corrected chi connectivity index (χ3v) is 8.46. The molecule has 40 heavy (non-hydrogen) atoms. The number of aromatic nitrogens is 6. The lowest BCUT2D eigenvalue weighted by Gasteiger charge is -2.32. The highest BCUT2D eigenvalue weighted by Gasteiger charge is 2.38. The summed E-state index contributed by atoms with van der Waals surface area (Å²) in [6.07, 6.45) is 9.78. The number of H-pyrrole nitrogens is 1. The van der Waals surface area contributed by atoms with E-state index in [0.717, 1.165) is 60.7 Å². The molecule has 0 amide bonds. The Bertz CT molecular complexity index is 1540. The molecule has 2 aliphatic rings. The number of nitrogens with zero attached hydrogens (tertiary/aromatic N) is 6. The molecule has 1 N–H and O–H groups in total. The van der Waals surface area contributed by atoms with Crippen LogP contribution in [-0.2, 0) is 16.0 Å². The van der Waals surface area contributed by atoms with Crippen molar-refractivity contribution < 1.29 is 14.0 Å². The summed E-state index contributed by atoms with van der Waals surface area (Å²) in [5.74, 6) is 1.66. The number of imidazole rings is 1. The van der Waals surface area contributed by atoms with Crippen LogP contribution in [0.25, 0.3) is 33.8 Å². The Balaban J connectivity index is 1.59. The zero-order chi connectivity index (χ0) is 27.8. The van der Waals surface area contributed by atoms with Crippen molar-refractivity contribution in [2.24, 2.45) is 11.8 Å². The van der Waals surface area contributed by atoms with Gasteiger partial charge < -0.3 is 18.9 Å². The lowest BCUT2D eigenvalue weighted by atomic mass is 9.83. The number of anilines is 1. The van der Waals surface area contributed by atoms with Gasteiger partial charge in [0.25, 0.3) is 0 Å². The summed E-state index contributed by atoms with van der Waals surface area (Å²) in [6, 6.07) is 3.80. The molecule has 1 saturated carbocycles. The summed E-state index contributed by atoms with van der Waals surface area (Å²) >= 11 is 6.39. The van der Waals surface area contributed by atoms with Crippen molar-refractivity contribution in [3.05, 3.63) is 40.1 Å². The van der Waals surface area contributed by atoms with Crippen LogP contribution in [0.3, 0.4) is 0 Å². The molecule has 1 aliphatic heterocycles. The number of aromatic amines is 1. The fourth-order valence-electron chi connectivity index (χ4n) is 6.22. The third kappa shape index (κ3) is 5.13. The number of fused-ring (bicyclic) bond motifs is 1. The highest BCUT2D eigenvalue weighted by atomic mass is 35.5. The quantitative estimate of drug-likeness (QED) is 0.316. The minimum Gasteiger partial charge on any atom is -0.383 e. The van der Waals surface area contributed by atoms with Crippen molar-refractivity contribution in [1.29, 1.82) is 0 Å². The smallest absolute Gasteiger partial charge is 0.383 e. The SMILES string of the molecule is COC[C@@H]1CCC(OC)N1c1nc2cc(-c3noc(=O)[nH]3)nc(-c3cncc(Cl)c3)c2n1CC1CCC(C)CC1. The minimum absolute atomic E-state index is 0.118. The maximum Gasteiger partial charge on any atom is 0.439 e. The molecule has 2 atom stereocenters. The van der Waals surface area contributed by atoms with Crippen LogP contribution in [0.1, 0.15) is 45.4 Å². The van der Waals surface area contributed by atoms with Gasteiger partial charge in [-0.1, -0.05) is 36.5 Å². The normalized spacial score (nSPS) is 23.4. The van der Waals surface area contributed by atoms with Gasteiger partial charge in [0.1, 0.15) is 11.9 Å². The number of ether oxygens (including phenoxy) is 2. The Kier molecular flexibility index (Phi) is 7.61. The van der Waals surface area contributed by atoms with Crippen molar-refractivity contribution >= 4 is 28.6 Å². The van der Waals surface area contributed by atoms with Crippen LogP contribution in [0, 0.1) is 11.8 Å². The molecular formula is C28H34ClN7O4. The Labute approximate surface area is 236 Å². The van der Waals surface area contributed by atoms with Crippen LogP contribution in [0.5, 0.6) is 0 Å². The minimum atomic E-state index is -0.650. The molecule has 4 aromatic heterocycles. The summed E-state index contributed by atoms with van der Waals surface area (Å²) in [6.45, 7) is 3.70. The van der Waals surface area contributed by atoms with E-state index >= 15 is 0 Å². The molecular weight excluding hydrogens is 534 g/mol. The van der Waals surface area contributed by atoms with Crippen molar-refractivity contribution in [3.8, 4) is 22.8 Å². The Morgan fingerprint density at radius 1 is 1.10 bits per heavy atom. The molecule has 1 aliphatic carbocycles. The van der Waals surface area contributed by atoms with E-state index in [4.69, 9.17) is 35.6 Å². The summed E-state index contributed by atoms with van der Waals surface area (Å²) in [4.78, 5) is 31.2. The lowest BCUT2D eigenvalue weighted by molar-refractivity contribution is 0.102. The van der Waals surface area contributed by atoms with Gasteiger partial charge in [0.2, 0.25) is 11.8 Å². The Morgan fingerprint density at radius 2 is 1.93 bits per heavy atom. The van der Waals surface area contributed by atoms with E-state index in [1.54, 1.807) is 26.6 Å². The van der Waals surface area contributed by atoms with Crippen LogP contribution in [0.2, 0.25) is 5.02 Å². The summed E-state index contributed by atoms with van der Waals surface area (Å²) in [5.41, 5.74) is 3.44. The fraction of sp³-hybridized carbons (Fsp3) is 0.536. The number of hydrogen-bond acceptors (Lipinski definition) is 9. The topological polar surface area (TPSA) is 124 Å². The van der Waals surface area contributed by atoms with Crippen molar-refractivity contribution in [2.75, 3.05) is 25.7 Å². The number of rotatable bonds is 8. The van der Waals surface area contributed by atoms with Gasteiger partial charge >= 0.3 is 5.76 Å². The van der Waals surface area contributed by atoms with Crippen LogP contribution >= 0.6 is 11.6 Å². The van der Waals surface area contributed by atoms with Gasteiger partial charge in [-0.25, -0.2) is 14.8 Å². The molecule has 0 aromatic carbocycles. The predicted octanol–water partition coefficient (Wildman–Crippen LogP) is 4.90. The average molecular weight is 568 g/mol. The molecule has 4 aromatic rings. The molecule has 1 unspecified atom stereocenters. The molecule has 0 radical (unpaired) electrons. The Morgan fingerprint density at radius 3 is 2.62 bits per heavy atom. The predicted molar refractivity (Wildman–Crippen MR) is 151 cm³/mol. The maximum absolute atomic E-state index is 11.8. The number of pyridine rings is 2. The number of methoxy groups -OCH3 is 2. The summed E-state index contributed by atoms with van der Waals surface area (Å²) in [7, 11) is 3.47. The Hall–Kier alpha value is -3.28. The van der Waals surface area contributed by atoms with E-state index in [1.165, 1.54) is 12.8 Å². The molecule has 0 spiro atoms. The van der Waals surface area contributed by atoms with E-state index in [0.29, 0.717) is 28.9 Å². The zero-order valence-electron chi connectivity index (χ0n) is 23.0. The third-order valence-electron chi connectivity index (χ3n) is 8.25. The van der Waals surface area contributed by atoms with Crippen molar-refractivity contribution in [2.45, 2.75) is 64.3 Å². The van der Waals surface area contributed by atoms with Crippen LogP contribution in [0.15, 0.2) is 33.8 Å². The molecule has 0 bridgehead atoms. The summed E-state index contributed by atoms with van der Waals surface area (Å²) in [5, 5.41) is 4.38. The number of halogens is 1. The highest BCUT2D eigenvalue weighted by Crippen LogP contribution is 2.39. The van der Waals surface area contributed by atoms with Crippen molar-refractivity contribution in [3.63, 3.8) is 0 Å². The average Bonchev–Trinajstić information content (AvgIpc) is 3.66. The van der Waals surface area contributed by atoms with Gasteiger partial charge in [-0.3, -0.25) is 14.5 Å². The molecule has 11 nitrogen and oxygen atoms in total. The largest absolute Gasteiger partial charge is 0.439 e. The van der Waals surface area contributed by atoms with Gasteiger partial charge in [0, 0.05) is 38.7 Å². The maximum atomic E-state index is 11.8. The van der Waals surface area contributed by atoms with E-state index in [-0.39, 0.29) is 18.1 Å². The van der Waals surface area contributed by atoms with Gasteiger partial charge in [-0.05, 0) is 49.7 Å². The molecule has 12 heteroatoms. The van der Waals surface area contributed by atoms with Gasteiger partial charge in [0.15, 0.2) is 0 Å². The zero-order valence-corrected chi connectivity index (χ0v) is 23.7. The summed E-state index contributed by atoms with van der Waals surface area (Å²) < 4.78 is 18.6. The van der Waals surface area contributed by atoms with E-state index in [1.807, 2.05) is 12.1 Å². The van der Waals surface area contributed by atoms with E-state index < -0.39 is 5.76 Å². The second kappa shape index (κ2) is 11.3. The molecule has 1 saturated heterocycles. The monoisotopic (exact) mass is 567 g/mol. The first-order chi connectivity index (χ1) is 19.4. The fourth-order valence-corrected chi connectivity index (χ4v) is 6.39. The van der Waals surface area contributed by atoms with Crippen LogP contribution < -0.4 is 10.7 Å². The second-order valence-electron chi connectivity index (χ2n) is 11.0. The standard InChI is InChI=1S/C28H34ClN7O4/c1-16-4-6-17(7-5-16)14-35-25-21(32-27(35)36-20(15-38-2)8-9-23(36)39-3)11-22(26-33-28(37)40-34-26)31-24(25)18-10-19(29)13-30-12-18/h10-13,16-17,20,23H,4-9,14-15H2,1-3H3,(H,33,34,37)/t16?,17?,20-,23?/m0/s1. The molecule has 2 fully saturated rings. The number of hydrogen-bond donors (Lipinski definition) is 1. The number of nitrogens with one attached hydrogen (secondary N) is 1. The van der Waals surface area contributed by atoms with Gasteiger partial charge in [-0.15, -0.1) is 0 Å². The molecule has 212 valence electrons.